The van der Waals surface area contributed by atoms with Crippen LogP contribution in [0.15, 0.2) is 24.3 Å². The van der Waals surface area contributed by atoms with Crippen LogP contribution in [0.25, 0.3) is 10.9 Å². The van der Waals surface area contributed by atoms with Gasteiger partial charge in [0.1, 0.15) is 11.4 Å². The van der Waals surface area contributed by atoms with Crippen molar-refractivity contribution in [1.29, 1.82) is 0 Å². The first-order valence-electron chi connectivity index (χ1n) is 4.63. The van der Waals surface area contributed by atoms with Crippen molar-refractivity contribution in [3.8, 4) is 0 Å². The molecular formula is C11H9ClN2O2. The Balaban J connectivity index is 2.75. The summed E-state index contributed by atoms with van der Waals surface area (Å²) in [5, 5.41) is 13.0. The molecule has 1 heterocycles. The number of hydrogen-bond donors (Lipinski definition) is 2. The van der Waals surface area contributed by atoms with Gasteiger partial charge in [-0.1, -0.05) is 11.6 Å². The second-order valence-corrected chi connectivity index (χ2v) is 3.71. The number of aromatic carboxylic acids is 1. The molecule has 0 atom stereocenters. The Labute approximate surface area is 96.9 Å². The van der Waals surface area contributed by atoms with Crippen molar-refractivity contribution in [1.82, 2.24) is 4.98 Å². The number of fused-ring (bicyclic) bond motifs is 1. The van der Waals surface area contributed by atoms with Crippen LogP contribution in [0, 0.1) is 0 Å². The van der Waals surface area contributed by atoms with Crippen LogP contribution in [0.5, 0.6) is 0 Å². The molecule has 4 nitrogen and oxygen atoms in total. The van der Waals surface area contributed by atoms with E-state index in [1.165, 1.54) is 0 Å². The normalized spacial score (nSPS) is 10.4. The average Bonchev–Trinajstić information content (AvgIpc) is 2.27. The summed E-state index contributed by atoms with van der Waals surface area (Å²) in [7, 11) is 1.64. The van der Waals surface area contributed by atoms with Crippen molar-refractivity contribution >= 4 is 34.3 Å². The summed E-state index contributed by atoms with van der Waals surface area (Å²) in [4.78, 5) is 15.2. The molecule has 5 heteroatoms. The topological polar surface area (TPSA) is 62.2 Å². The molecule has 0 saturated carbocycles. The van der Waals surface area contributed by atoms with Gasteiger partial charge in [-0.3, -0.25) is 0 Å². The lowest BCUT2D eigenvalue weighted by Crippen LogP contribution is -2.05. The van der Waals surface area contributed by atoms with Crippen molar-refractivity contribution < 1.29 is 9.90 Å². The van der Waals surface area contributed by atoms with E-state index in [-0.39, 0.29) is 5.56 Å². The Morgan fingerprint density at radius 2 is 2.19 bits per heavy atom. The molecule has 2 rings (SSSR count). The summed E-state index contributed by atoms with van der Waals surface area (Å²) in [6.45, 7) is 0. The van der Waals surface area contributed by atoms with Crippen LogP contribution in [-0.4, -0.2) is 23.1 Å². The van der Waals surface area contributed by atoms with E-state index in [9.17, 15) is 4.79 Å². The highest BCUT2D eigenvalue weighted by atomic mass is 35.5. The van der Waals surface area contributed by atoms with Crippen molar-refractivity contribution in [2.24, 2.45) is 0 Å². The second kappa shape index (κ2) is 3.98. The molecule has 0 unspecified atom stereocenters. The quantitative estimate of drug-likeness (QED) is 0.842. The molecule has 0 fully saturated rings. The van der Waals surface area contributed by atoms with Crippen molar-refractivity contribution in [2.75, 3.05) is 12.4 Å². The predicted molar refractivity (Wildman–Crippen MR) is 63.3 cm³/mol. The minimum atomic E-state index is -1.02. The summed E-state index contributed by atoms with van der Waals surface area (Å²) in [6, 6.07) is 6.72. The Hall–Kier alpha value is -1.81. The number of anilines is 1. The fourth-order valence-corrected chi connectivity index (χ4v) is 1.68. The van der Waals surface area contributed by atoms with Gasteiger partial charge >= 0.3 is 5.97 Å². The van der Waals surface area contributed by atoms with Gasteiger partial charge in [-0.15, -0.1) is 0 Å². The smallest absolute Gasteiger partial charge is 0.339 e. The van der Waals surface area contributed by atoms with E-state index in [2.05, 4.69) is 10.3 Å². The first-order chi connectivity index (χ1) is 7.61. The Morgan fingerprint density at radius 3 is 2.81 bits per heavy atom. The highest BCUT2D eigenvalue weighted by Gasteiger charge is 2.12. The highest BCUT2D eigenvalue weighted by molar-refractivity contribution is 6.31. The van der Waals surface area contributed by atoms with Crippen LogP contribution in [-0.2, 0) is 0 Å². The number of carboxylic acids is 1. The number of benzene rings is 1. The minimum absolute atomic E-state index is 0.136. The van der Waals surface area contributed by atoms with Crippen LogP contribution in [0.3, 0.4) is 0 Å². The van der Waals surface area contributed by atoms with Crippen LogP contribution >= 0.6 is 11.6 Å². The van der Waals surface area contributed by atoms with Gasteiger partial charge in [0.15, 0.2) is 0 Å². The zero-order chi connectivity index (χ0) is 11.7. The van der Waals surface area contributed by atoms with Crippen molar-refractivity contribution in [3.63, 3.8) is 0 Å². The molecule has 1 aromatic heterocycles. The molecule has 2 aromatic rings. The molecule has 0 radical (unpaired) electrons. The number of halogens is 1. The minimum Gasteiger partial charge on any atom is -0.478 e. The monoisotopic (exact) mass is 236 g/mol. The molecule has 0 aliphatic heterocycles. The van der Waals surface area contributed by atoms with Crippen LogP contribution in [0.2, 0.25) is 5.02 Å². The standard InChI is InChI=1S/C11H9ClN2O2/c1-13-10-8(11(15)16)5-6-4-7(12)2-3-9(6)14-10/h2-5H,1H3,(H,13,14)(H,15,16). The molecule has 1 aromatic carbocycles. The zero-order valence-electron chi connectivity index (χ0n) is 8.49. The largest absolute Gasteiger partial charge is 0.478 e. The fourth-order valence-electron chi connectivity index (χ4n) is 1.50. The third-order valence-electron chi connectivity index (χ3n) is 2.24. The SMILES string of the molecule is CNc1nc2ccc(Cl)cc2cc1C(=O)O. The van der Waals surface area contributed by atoms with E-state index in [0.717, 1.165) is 0 Å². The molecular weight excluding hydrogens is 228 g/mol. The van der Waals surface area contributed by atoms with Crippen LogP contribution in [0.1, 0.15) is 10.4 Å². The number of rotatable bonds is 2. The van der Waals surface area contributed by atoms with Gasteiger partial charge in [0.25, 0.3) is 0 Å². The van der Waals surface area contributed by atoms with Gasteiger partial charge in [-0.2, -0.15) is 0 Å². The number of nitrogens with zero attached hydrogens (tertiary/aromatic N) is 1. The maximum Gasteiger partial charge on any atom is 0.339 e. The van der Waals surface area contributed by atoms with E-state index < -0.39 is 5.97 Å². The number of hydrogen-bond acceptors (Lipinski definition) is 3. The first-order valence-corrected chi connectivity index (χ1v) is 5.01. The maximum atomic E-state index is 11.0. The predicted octanol–water partition coefficient (Wildman–Crippen LogP) is 2.63. The molecule has 2 N–H and O–H groups in total. The van der Waals surface area contributed by atoms with E-state index in [1.807, 2.05) is 0 Å². The summed E-state index contributed by atoms with van der Waals surface area (Å²) in [6.07, 6.45) is 0. The number of carboxylic acid groups (broad SMARTS) is 1. The van der Waals surface area contributed by atoms with Gasteiger partial charge in [-0.05, 0) is 24.3 Å². The average molecular weight is 237 g/mol. The van der Waals surface area contributed by atoms with E-state index in [0.29, 0.717) is 21.7 Å². The molecule has 0 saturated heterocycles. The lowest BCUT2D eigenvalue weighted by Gasteiger charge is -2.06. The number of nitrogens with one attached hydrogen (secondary N) is 1. The van der Waals surface area contributed by atoms with Gasteiger partial charge in [-0.25, -0.2) is 9.78 Å². The summed E-state index contributed by atoms with van der Waals surface area (Å²) in [5.41, 5.74) is 0.844. The maximum absolute atomic E-state index is 11.0. The highest BCUT2D eigenvalue weighted by Crippen LogP contribution is 2.23. The van der Waals surface area contributed by atoms with Gasteiger partial charge in [0.2, 0.25) is 0 Å². The molecule has 16 heavy (non-hydrogen) atoms. The number of carbonyl (C=O) groups is 1. The third kappa shape index (κ3) is 1.79. The lowest BCUT2D eigenvalue weighted by molar-refractivity contribution is 0.0698. The van der Waals surface area contributed by atoms with Crippen LogP contribution in [0.4, 0.5) is 5.82 Å². The van der Waals surface area contributed by atoms with Crippen LogP contribution < -0.4 is 5.32 Å². The van der Waals surface area contributed by atoms with Crippen molar-refractivity contribution in [3.05, 3.63) is 34.9 Å². The van der Waals surface area contributed by atoms with Gasteiger partial charge in [0.05, 0.1) is 5.52 Å². The lowest BCUT2D eigenvalue weighted by atomic mass is 10.1. The third-order valence-corrected chi connectivity index (χ3v) is 2.48. The summed E-state index contributed by atoms with van der Waals surface area (Å²) >= 11 is 5.83. The molecule has 0 amide bonds. The van der Waals surface area contributed by atoms with Gasteiger partial charge in [0, 0.05) is 17.5 Å². The molecule has 0 aliphatic rings. The molecule has 0 spiro atoms. The Kier molecular flexibility index (Phi) is 2.66. The first kappa shape index (κ1) is 10.7. The molecule has 0 aliphatic carbocycles. The zero-order valence-corrected chi connectivity index (χ0v) is 9.25. The Bertz CT molecular complexity index is 569. The van der Waals surface area contributed by atoms with E-state index in [4.69, 9.17) is 16.7 Å². The number of pyridine rings is 1. The fraction of sp³-hybridized carbons (Fsp3) is 0.0909. The van der Waals surface area contributed by atoms with Gasteiger partial charge < -0.3 is 10.4 Å². The molecule has 82 valence electrons. The summed E-state index contributed by atoms with van der Waals surface area (Å²) < 4.78 is 0. The van der Waals surface area contributed by atoms with E-state index in [1.54, 1.807) is 31.3 Å². The Morgan fingerprint density at radius 1 is 1.44 bits per heavy atom. The second-order valence-electron chi connectivity index (χ2n) is 3.28. The summed E-state index contributed by atoms with van der Waals surface area (Å²) in [5.74, 6) is -0.666. The van der Waals surface area contributed by atoms with E-state index >= 15 is 0 Å². The molecule has 0 bridgehead atoms. The van der Waals surface area contributed by atoms with Crippen molar-refractivity contribution in [2.45, 2.75) is 0 Å². The number of aromatic nitrogens is 1.